The molecule has 1 heterocycles. The second-order valence-electron chi connectivity index (χ2n) is 5.16. The van der Waals surface area contributed by atoms with E-state index in [1.807, 2.05) is 0 Å². The Morgan fingerprint density at radius 1 is 1.00 bits per heavy atom. The number of primary sulfonamides is 1. The van der Waals surface area contributed by atoms with Gasteiger partial charge in [-0.05, 0) is 29.8 Å². The minimum Gasteiger partial charge on any atom is -0.278 e. The van der Waals surface area contributed by atoms with E-state index >= 15 is 0 Å². The molecule has 11 heteroatoms. The van der Waals surface area contributed by atoms with Crippen LogP contribution < -0.4 is 5.14 Å². The summed E-state index contributed by atoms with van der Waals surface area (Å²) in [5.41, 5.74) is -1.99. The van der Waals surface area contributed by atoms with Gasteiger partial charge in [0.2, 0.25) is 10.0 Å². The van der Waals surface area contributed by atoms with Crippen LogP contribution in [-0.4, -0.2) is 18.6 Å². The second-order valence-corrected chi connectivity index (χ2v) is 6.69. The van der Waals surface area contributed by atoms with Crippen molar-refractivity contribution >= 4 is 20.9 Å². The van der Waals surface area contributed by atoms with Crippen molar-refractivity contribution < 1.29 is 30.4 Å². The molecule has 0 radical (unpaired) electrons. The van der Waals surface area contributed by atoms with Gasteiger partial charge in [0.15, 0.2) is 0 Å². The summed E-state index contributed by atoms with van der Waals surface area (Å²) in [6.07, 6.45) is -3.58. The number of benzene rings is 2. The Kier molecular flexibility index (Phi) is 3.80. The van der Waals surface area contributed by atoms with E-state index in [1.165, 1.54) is 0 Å². The maximum absolute atomic E-state index is 14.3. The Balaban J connectivity index is 2.33. The molecule has 132 valence electrons. The van der Waals surface area contributed by atoms with Gasteiger partial charge in [-0.3, -0.25) is 5.10 Å². The maximum atomic E-state index is 14.3. The van der Waals surface area contributed by atoms with E-state index in [0.29, 0.717) is 18.2 Å². The molecule has 0 aliphatic heterocycles. The van der Waals surface area contributed by atoms with E-state index in [9.17, 15) is 30.4 Å². The van der Waals surface area contributed by atoms with Crippen molar-refractivity contribution in [1.29, 1.82) is 0 Å². The first-order valence-electron chi connectivity index (χ1n) is 6.55. The predicted octanol–water partition coefficient (Wildman–Crippen LogP) is 3.17. The summed E-state index contributed by atoms with van der Waals surface area (Å²) < 4.78 is 89.8. The predicted molar refractivity (Wildman–Crippen MR) is 77.8 cm³/mol. The van der Waals surface area contributed by atoms with Gasteiger partial charge in [0.05, 0.1) is 17.3 Å². The normalized spacial score (nSPS) is 12.7. The Morgan fingerprint density at radius 3 is 2.28 bits per heavy atom. The molecule has 3 rings (SSSR count). The van der Waals surface area contributed by atoms with Crippen LogP contribution in [0, 0.1) is 11.6 Å². The van der Waals surface area contributed by atoms with Gasteiger partial charge in [0, 0.05) is 10.9 Å². The van der Waals surface area contributed by atoms with Gasteiger partial charge in [0.1, 0.15) is 16.5 Å². The lowest BCUT2D eigenvalue weighted by molar-refractivity contribution is -0.137. The lowest BCUT2D eigenvalue weighted by Gasteiger charge is -2.12. The number of hydrogen-bond acceptors (Lipinski definition) is 3. The quantitative estimate of drug-likeness (QED) is 0.673. The SMILES string of the molecule is NS(=O)(=O)c1cc(F)c(-c2cc(C(F)(F)F)cc3[nH]ncc23)cc1F. The molecule has 0 aliphatic rings. The van der Waals surface area contributed by atoms with Gasteiger partial charge in [-0.2, -0.15) is 18.3 Å². The van der Waals surface area contributed by atoms with Crippen LogP contribution in [0.1, 0.15) is 5.56 Å². The number of sulfonamides is 1. The summed E-state index contributed by atoms with van der Waals surface area (Å²) in [6.45, 7) is 0. The average molecular weight is 377 g/mol. The van der Waals surface area contributed by atoms with Crippen molar-refractivity contribution in [2.75, 3.05) is 0 Å². The van der Waals surface area contributed by atoms with Crippen LogP contribution in [0.3, 0.4) is 0 Å². The number of fused-ring (bicyclic) bond motifs is 1. The molecule has 0 atom stereocenters. The number of halogens is 5. The third-order valence-electron chi connectivity index (χ3n) is 3.50. The highest BCUT2D eigenvalue weighted by Gasteiger charge is 2.32. The van der Waals surface area contributed by atoms with Crippen LogP contribution in [0.2, 0.25) is 0 Å². The van der Waals surface area contributed by atoms with Crippen LogP contribution in [0.5, 0.6) is 0 Å². The monoisotopic (exact) mass is 377 g/mol. The third kappa shape index (κ3) is 3.07. The summed E-state index contributed by atoms with van der Waals surface area (Å²) >= 11 is 0. The molecule has 0 unspecified atom stereocenters. The molecule has 3 N–H and O–H groups in total. The number of nitrogens with zero attached hydrogens (tertiary/aromatic N) is 1. The minimum absolute atomic E-state index is 0.0415. The van der Waals surface area contributed by atoms with E-state index in [0.717, 1.165) is 12.3 Å². The van der Waals surface area contributed by atoms with Gasteiger partial charge in [-0.1, -0.05) is 0 Å². The van der Waals surface area contributed by atoms with Crippen molar-refractivity contribution in [3.63, 3.8) is 0 Å². The number of nitrogens with two attached hydrogens (primary N) is 1. The molecule has 1 aromatic heterocycles. The number of H-pyrrole nitrogens is 1. The summed E-state index contributed by atoms with van der Waals surface area (Å²) in [6, 6.07) is 2.22. The molecule has 0 spiro atoms. The van der Waals surface area contributed by atoms with Crippen LogP contribution in [-0.2, 0) is 16.2 Å². The van der Waals surface area contributed by atoms with Gasteiger partial charge in [0.25, 0.3) is 0 Å². The highest BCUT2D eigenvalue weighted by atomic mass is 32.2. The zero-order valence-corrected chi connectivity index (χ0v) is 12.8. The van der Waals surface area contributed by atoms with Gasteiger partial charge in [-0.25, -0.2) is 22.3 Å². The Hall–Kier alpha value is -2.53. The standard InChI is InChI=1S/C14H8F5N3O2S/c15-10-4-13(25(20,23)24)11(16)3-8(10)7-1-6(14(17,18)19)2-12-9(7)5-21-22-12/h1-5H,(H,21,22)(H2,20,23,24). The molecule has 0 amide bonds. The summed E-state index contributed by atoms with van der Waals surface area (Å²) in [5, 5.41) is 10.8. The summed E-state index contributed by atoms with van der Waals surface area (Å²) in [4.78, 5) is -1.09. The lowest BCUT2D eigenvalue weighted by atomic mass is 9.98. The highest BCUT2D eigenvalue weighted by molar-refractivity contribution is 7.89. The van der Waals surface area contributed by atoms with Crippen molar-refractivity contribution in [2.45, 2.75) is 11.1 Å². The fourth-order valence-corrected chi connectivity index (χ4v) is 2.99. The van der Waals surface area contributed by atoms with Crippen molar-refractivity contribution in [3.8, 4) is 11.1 Å². The van der Waals surface area contributed by atoms with Crippen LogP contribution in [0.15, 0.2) is 35.4 Å². The van der Waals surface area contributed by atoms with Gasteiger partial charge in [-0.15, -0.1) is 0 Å². The molecule has 0 saturated carbocycles. The molecule has 0 aliphatic carbocycles. The first kappa shape index (κ1) is 17.3. The fourth-order valence-electron chi connectivity index (χ4n) is 2.39. The number of aromatic amines is 1. The molecule has 2 aromatic carbocycles. The van der Waals surface area contributed by atoms with Crippen LogP contribution in [0.4, 0.5) is 22.0 Å². The highest BCUT2D eigenvalue weighted by Crippen LogP contribution is 2.38. The Morgan fingerprint density at radius 2 is 1.68 bits per heavy atom. The van der Waals surface area contributed by atoms with Crippen LogP contribution in [0.25, 0.3) is 22.0 Å². The smallest absolute Gasteiger partial charge is 0.278 e. The fraction of sp³-hybridized carbons (Fsp3) is 0.0714. The van der Waals surface area contributed by atoms with E-state index in [-0.39, 0.29) is 16.5 Å². The molecular weight excluding hydrogens is 369 g/mol. The maximum Gasteiger partial charge on any atom is 0.416 e. The molecule has 5 nitrogen and oxygen atoms in total. The van der Waals surface area contributed by atoms with E-state index < -0.39 is 43.9 Å². The van der Waals surface area contributed by atoms with Gasteiger partial charge >= 0.3 is 6.18 Å². The molecule has 0 fully saturated rings. The molecule has 0 bridgehead atoms. The van der Waals surface area contributed by atoms with E-state index in [4.69, 9.17) is 5.14 Å². The number of alkyl halides is 3. The first-order valence-corrected chi connectivity index (χ1v) is 8.09. The Bertz CT molecular complexity index is 1090. The number of nitrogens with one attached hydrogen (secondary N) is 1. The average Bonchev–Trinajstić information content (AvgIpc) is 2.94. The largest absolute Gasteiger partial charge is 0.416 e. The van der Waals surface area contributed by atoms with E-state index in [1.54, 1.807) is 0 Å². The van der Waals surface area contributed by atoms with Crippen molar-refractivity contribution in [3.05, 3.63) is 47.7 Å². The zero-order chi connectivity index (χ0) is 18.6. The summed E-state index contributed by atoms with van der Waals surface area (Å²) in [5.74, 6) is -2.62. The minimum atomic E-state index is -4.73. The van der Waals surface area contributed by atoms with Crippen LogP contribution >= 0.6 is 0 Å². The zero-order valence-electron chi connectivity index (χ0n) is 12.0. The summed E-state index contributed by atoms with van der Waals surface area (Å²) in [7, 11) is -4.53. The molecule has 0 saturated heterocycles. The number of aromatic nitrogens is 2. The Labute approximate surface area is 137 Å². The topological polar surface area (TPSA) is 88.8 Å². The molecular formula is C14H8F5N3O2S. The number of rotatable bonds is 2. The van der Waals surface area contributed by atoms with Crippen molar-refractivity contribution in [1.82, 2.24) is 10.2 Å². The van der Waals surface area contributed by atoms with Gasteiger partial charge < -0.3 is 0 Å². The lowest BCUT2D eigenvalue weighted by Crippen LogP contribution is -2.14. The molecule has 3 aromatic rings. The molecule has 25 heavy (non-hydrogen) atoms. The number of hydrogen-bond donors (Lipinski definition) is 2. The van der Waals surface area contributed by atoms with E-state index in [2.05, 4.69) is 10.2 Å². The second kappa shape index (κ2) is 5.49. The third-order valence-corrected chi connectivity index (χ3v) is 4.43. The van der Waals surface area contributed by atoms with Crippen molar-refractivity contribution in [2.24, 2.45) is 5.14 Å². The first-order chi connectivity index (χ1) is 11.5.